The van der Waals surface area contributed by atoms with Crippen LogP contribution in [0.2, 0.25) is 0 Å². The molecule has 0 saturated heterocycles. The zero-order valence-electron chi connectivity index (χ0n) is 11.7. The maximum atomic E-state index is 5.89. The monoisotopic (exact) mass is 258 g/mol. The summed E-state index contributed by atoms with van der Waals surface area (Å²) in [6.45, 7) is 1.35. The van der Waals surface area contributed by atoms with E-state index in [1.54, 1.807) is 0 Å². The van der Waals surface area contributed by atoms with Gasteiger partial charge in [0.2, 0.25) is 0 Å². The van der Waals surface area contributed by atoms with Gasteiger partial charge in [0, 0.05) is 6.04 Å². The van der Waals surface area contributed by atoms with Gasteiger partial charge in [-0.2, -0.15) is 0 Å². The van der Waals surface area contributed by atoms with Crippen molar-refractivity contribution in [3.63, 3.8) is 0 Å². The molecule has 3 heteroatoms. The fourth-order valence-electron chi connectivity index (χ4n) is 2.13. The zero-order valence-corrected chi connectivity index (χ0v) is 11.7. The second-order valence-electron chi connectivity index (χ2n) is 5.01. The van der Waals surface area contributed by atoms with Crippen LogP contribution in [0.3, 0.4) is 0 Å². The molecule has 2 aromatic rings. The number of likely N-dealkylation sites (N-methyl/N-ethyl adjacent to an activating group) is 1. The molecule has 0 aromatic heterocycles. The Bertz CT molecular complexity index is 525. The van der Waals surface area contributed by atoms with Crippen molar-refractivity contribution in [2.75, 3.05) is 27.2 Å². The van der Waals surface area contributed by atoms with E-state index in [9.17, 15) is 0 Å². The smallest absolute Gasteiger partial charge is 0.120 e. The Labute approximate surface area is 115 Å². The van der Waals surface area contributed by atoms with E-state index in [0.29, 0.717) is 19.2 Å². The fraction of sp³-hybridized carbons (Fsp3) is 0.375. The number of nitrogens with zero attached hydrogens (tertiary/aromatic N) is 1. The summed E-state index contributed by atoms with van der Waals surface area (Å²) in [5.41, 5.74) is 5.63. The normalized spacial score (nSPS) is 12.8. The molecule has 0 saturated carbocycles. The fourth-order valence-corrected chi connectivity index (χ4v) is 2.13. The Morgan fingerprint density at radius 2 is 1.84 bits per heavy atom. The average molecular weight is 258 g/mol. The molecule has 102 valence electrons. The van der Waals surface area contributed by atoms with Crippen molar-refractivity contribution in [2.45, 2.75) is 12.5 Å². The van der Waals surface area contributed by atoms with Crippen LogP contribution in [0, 0.1) is 0 Å². The summed E-state index contributed by atoms with van der Waals surface area (Å²) in [5.74, 6) is 0.919. The molecular weight excluding hydrogens is 236 g/mol. The Morgan fingerprint density at radius 3 is 2.53 bits per heavy atom. The summed E-state index contributed by atoms with van der Waals surface area (Å²) < 4.78 is 5.89. The van der Waals surface area contributed by atoms with Crippen molar-refractivity contribution in [2.24, 2.45) is 5.73 Å². The summed E-state index contributed by atoms with van der Waals surface area (Å²) in [4.78, 5) is 2.16. The molecule has 0 amide bonds. The third-order valence-electron chi connectivity index (χ3n) is 3.39. The maximum Gasteiger partial charge on any atom is 0.120 e. The number of rotatable bonds is 6. The lowest BCUT2D eigenvalue weighted by atomic mass is 10.1. The van der Waals surface area contributed by atoms with Crippen molar-refractivity contribution in [1.29, 1.82) is 0 Å². The quantitative estimate of drug-likeness (QED) is 0.865. The van der Waals surface area contributed by atoms with Crippen LogP contribution in [0.15, 0.2) is 42.5 Å². The number of hydrogen-bond donors (Lipinski definition) is 1. The Hall–Kier alpha value is -1.58. The Balaban J connectivity index is 2.04. The lowest BCUT2D eigenvalue weighted by molar-refractivity contribution is 0.179. The van der Waals surface area contributed by atoms with E-state index in [4.69, 9.17) is 10.5 Å². The van der Waals surface area contributed by atoms with Crippen LogP contribution >= 0.6 is 0 Å². The molecule has 2 N–H and O–H groups in total. The largest absolute Gasteiger partial charge is 0.492 e. The van der Waals surface area contributed by atoms with Gasteiger partial charge in [-0.3, -0.25) is 0 Å². The number of nitrogens with two attached hydrogens (primary N) is 1. The SMILES string of the molecule is CN(C)C(CCN)COc1ccc2ccccc2c1. The molecule has 0 bridgehead atoms. The Kier molecular flexibility index (Phi) is 4.77. The highest BCUT2D eigenvalue weighted by atomic mass is 16.5. The minimum atomic E-state index is 0.358. The summed E-state index contributed by atoms with van der Waals surface area (Å²) >= 11 is 0. The second-order valence-corrected chi connectivity index (χ2v) is 5.01. The molecular formula is C16H22N2O. The first kappa shape index (κ1) is 13.8. The molecule has 0 spiro atoms. The molecule has 0 aliphatic heterocycles. The molecule has 2 aromatic carbocycles. The Morgan fingerprint density at radius 1 is 1.11 bits per heavy atom. The molecule has 1 atom stereocenters. The second kappa shape index (κ2) is 6.55. The standard InChI is InChI=1S/C16H22N2O/c1-18(2)15(9-10-17)12-19-16-8-7-13-5-3-4-6-14(13)11-16/h3-8,11,15H,9-10,12,17H2,1-2H3. The van der Waals surface area contributed by atoms with Crippen molar-refractivity contribution in [3.05, 3.63) is 42.5 Å². The molecule has 0 aliphatic rings. The predicted octanol–water partition coefficient (Wildman–Crippen LogP) is 2.50. The topological polar surface area (TPSA) is 38.5 Å². The number of ether oxygens (including phenoxy) is 1. The van der Waals surface area contributed by atoms with Gasteiger partial charge < -0.3 is 15.4 Å². The van der Waals surface area contributed by atoms with Crippen LogP contribution in [-0.2, 0) is 0 Å². The molecule has 19 heavy (non-hydrogen) atoms. The van der Waals surface area contributed by atoms with Gasteiger partial charge in [0.05, 0.1) is 0 Å². The lowest BCUT2D eigenvalue weighted by Crippen LogP contribution is -2.35. The first-order valence-electron chi connectivity index (χ1n) is 6.69. The highest BCUT2D eigenvalue weighted by Gasteiger charge is 2.11. The van der Waals surface area contributed by atoms with Crippen molar-refractivity contribution in [1.82, 2.24) is 4.90 Å². The van der Waals surface area contributed by atoms with E-state index in [-0.39, 0.29) is 0 Å². The molecule has 0 aliphatic carbocycles. The van der Waals surface area contributed by atoms with Crippen molar-refractivity contribution in [3.8, 4) is 5.75 Å². The minimum absolute atomic E-state index is 0.358. The third kappa shape index (κ3) is 3.69. The molecule has 0 heterocycles. The van der Waals surface area contributed by atoms with Crippen LogP contribution in [-0.4, -0.2) is 38.2 Å². The highest BCUT2D eigenvalue weighted by molar-refractivity contribution is 5.83. The summed E-state index contributed by atoms with van der Waals surface area (Å²) in [6.07, 6.45) is 0.945. The van der Waals surface area contributed by atoms with Crippen LogP contribution in [0.5, 0.6) is 5.75 Å². The van der Waals surface area contributed by atoms with Crippen LogP contribution in [0.1, 0.15) is 6.42 Å². The molecule has 1 unspecified atom stereocenters. The summed E-state index contributed by atoms with van der Waals surface area (Å²) in [6, 6.07) is 14.9. The summed E-state index contributed by atoms with van der Waals surface area (Å²) in [5, 5.41) is 2.45. The van der Waals surface area contributed by atoms with E-state index in [1.807, 2.05) is 18.2 Å². The van der Waals surface area contributed by atoms with Crippen LogP contribution < -0.4 is 10.5 Å². The van der Waals surface area contributed by atoms with Gasteiger partial charge >= 0.3 is 0 Å². The van der Waals surface area contributed by atoms with Crippen molar-refractivity contribution >= 4 is 10.8 Å². The van der Waals surface area contributed by atoms with E-state index < -0.39 is 0 Å². The number of hydrogen-bond acceptors (Lipinski definition) is 3. The zero-order chi connectivity index (χ0) is 13.7. The van der Waals surface area contributed by atoms with Gasteiger partial charge in [0.1, 0.15) is 12.4 Å². The number of benzene rings is 2. The molecule has 2 rings (SSSR count). The molecule has 3 nitrogen and oxygen atoms in total. The molecule has 0 fully saturated rings. The van der Waals surface area contributed by atoms with E-state index in [0.717, 1.165) is 12.2 Å². The van der Waals surface area contributed by atoms with Gasteiger partial charge in [-0.05, 0) is 50.0 Å². The average Bonchev–Trinajstić information content (AvgIpc) is 2.43. The number of fused-ring (bicyclic) bond motifs is 1. The van der Waals surface area contributed by atoms with Gasteiger partial charge in [-0.25, -0.2) is 0 Å². The van der Waals surface area contributed by atoms with Gasteiger partial charge in [-0.15, -0.1) is 0 Å². The maximum absolute atomic E-state index is 5.89. The highest BCUT2D eigenvalue weighted by Crippen LogP contribution is 2.20. The van der Waals surface area contributed by atoms with E-state index >= 15 is 0 Å². The first-order valence-corrected chi connectivity index (χ1v) is 6.69. The van der Waals surface area contributed by atoms with Gasteiger partial charge in [-0.1, -0.05) is 30.3 Å². The lowest BCUT2D eigenvalue weighted by Gasteiger charge is -2.23. The first-order chi connectivity index (χ1) is 9.20. The predicted molar refractivity (Wildman–Crippen MR) is 80.6 cm³/mol. The third-order valence-corrected chi connectivity index (χ3v) is 3.39. The minimum Gasteiger partial charge on any atom is -0.492 e. The van der Waals surface area contributed by atoms with Gasteiger partial charge in [0.25, 0.3) is 0 Å². The van der Waals surface area contributed by atoms with Crippen LogP contribution in [0.4, 0.5) is 0 Å². The van der Waals surface area contributed by atoms with Crippen molar-refractivity contribution < 1.29 is 4.74 Å². The van der Waals surface area contributed by atoms with Crippen LogP contribution in [0.25, 0.3) is 10.8 Å². The molecule has 0 radical (unpaired) electrons. The van der Waals surface area contributed by atoms with E-state index in [1.165, 1.54) is 10.8 Å². The van der Waals surface area contributed by atoms with E-state index in [2.05, 4.69) is 43.3 Å². The summed E-state index contributed by atoms with van der Waals surface area (Å²) in [7, 11) is 4.12. The van der Waals surface area contributed by atoms with Gasteiger partial charge in [0.15, 0.2) is 0 Å².